The van der Waals surface area contributed by atoms with Crippen LogP contribution in [0.3, 0.4) is 0 Å². The average molecular weight is 287 g/mol. The Kier molecular flexibility index (Phi) is 4.29. The highest BCUT2D eigenvalue weighted by Crippen LogP contribution is 2.22. The molecule has 0 aliphatic rings. The van der Waals surface area contributed by atoms with Gasteiger partial charge >= 0.3 is 0 Å². The molecule has 21 heavy (non-hydrogen) atoms. The van der Waals surface area contributed by atoms with Crippen LogP contribution in [0, 0.1) is 23.0 Å². The molecule has 0 saturated heterocycles. The van der Waals surface area contributed by atoms with Gasteiger partial charge in [-0.3, -0.25) is 4.79 Å². The normalized spacial score (nSPS) is 10.0. The highest BCUT2D eigenvalue weighted by Gasteiger charge is 2.10. The van der Waals surface area contributed by atoms with Gasteiger partial charge in [-0.25, -0.2) is 8.78 Å². The number of hydrogen-bond donors (Lipinski definition) is 0. The van der Waals surface area contributed by atoms with Crippen molar-refractivity contribution in [2.75, 3.05) is 0 Å². The molecular weight excluding hydrogens is 276 g/mol. The molecule has 5 heteroatoms. The molecule has 0 N–H and O–H groups in total. The third-order valence-electron chi connectivity index (χ3n) is 2.80. The molecule has 0 saturated carbocycles. The molecule has 0 spiro atoms. The zero-order valence-electron chi connectivity index (χ0n) is 11.2. The van der Waals surface area contributed by atoms with Crippen LogP contribution in [-0.2, 0) is 6.61 Å². The molecule has 0 aliphatic carbocycles. The molecule has 3 nitrogen and oxygen atoms in total. The fraction of sp³-hybridized carbons (Fsp3) is 0.125. The van der Waals surface area contributed by atoms with Gasteiger partial charge in [0.15, 0.2) is 5.78 Å². The summed E-state index contributed by atoms with van der Waals surface area (Å²) in [6, 6.07) is 9.28. The Balaban J connectivity index is 2.23. The Morgan fingerprint density at radius 2 is 1.95 bits per heavy atom. The van der Waals surface area contributed by atoms with E-state index in [0.717, 1.165) is 12.1 Å². The molecule has 106 valence electrons. The smallest absolute Gasteiger partial charge is 0.163 e. The first kappa shape index (κ1) is 14.7. The summed E-state index contributed by atoms with van der Waals surface area (Å²) in [7, 11) is 0. The molecule has 0 unspecified atom stereocenters. The average Bonchev–Trinajstić information content (AvgIpc) is 2.45. The van der Waals surface area contributed by atoms with Gasteiger partial charge in [0, 0.05) is 0 Å². The maximum absolute atomic E-state index is 13.3. The lowest BCUT2D eigenvalue weighted by molar-refractivity contribution is 0.101. The third-order valence-corrected chi connectivity index (χ3v) is 2.80. The molecule has 0 aliphatic heterocycles. The molecule has 0 radical (unpaired) electrons. The van der Waals surface area contributed by atoms with Crippen LogP contribution >= 0.6 is 0 Å². The summed E-state index contributed by atoms with van der Waals surface area (Å²) >= 11 is 0. The quantitative estimate of drug-likeness (QED) is 0.807. The lowest BCUT2D eigenvalue weighted by Crippen LogP contribution is -2.03. The van der Waals surface area contributed by atoms with Crippen LogP contribution in [0.25, 0.3) is 0 Å². The summed E-state index contributed by atoms with van der Waals surface area (Å²) in [5.74, 6) is -1.20. The molecule has 0 atom stereocenters. The van der Waals surface area contributed by atoms with E-state index >= 15 is 0 Å². The summed E-state index contributed by atoms with van der Waals surface area (Å²) < 4.78 is 31.8. The van der Waals surface area contributed by atoms with Gasteiger partial charge in [-0.1, -0.05) is 0 Å². The Morgan fingerprint density at radius 3 is 2.62 bits per heavy atom. The van der Waals surface area contributed by atoms with Crippen LogP contribution in [0.15, 0.2) is 36.4 Å². The Morgan fingerprint density at radius 1 is 1.19 bits per heavy atom. The fourth-order valence-corrected chi connectivity index (χ4v) is 1.86. The zero-order chi connectivity index (χ0) is 15.4. The second-order valence-corrected chi connectivity index (χ2v) is 4.45. The number of carbonyl (C=O) groups is 1. The Hall–Kier alpha value is -2.74. The predicted molar refractivity (Wildman–Crippen MR) is 71.9 cm³/mol. The Labute approximate surface area is 120 Å². The van der Waals surface area contributed by atoms with E-state index in [1.54, 1.807) is 0 Å². The van der Waals surface area contributed by atoms with Gasteiger partial charge in [-0.2, -0.15) is 5.26 Å². The topological polar surface area (TPSA) is 50.1 Å². The van der Waals surface area contributed by atoms with Crippen molar-refractivity contribution in [3.8, 4) is 11.8 Å². The number of benzene rings is 2. The van der Waals surface area contributed by atoms with Crippen molar-refractivity contribution >= 4 is 5.78 Å². The van der Waals surface area contributed by atoms with Crippen molar-refractivity contribution in [3.05, 3.63) is 64.7 Å². The molecule has 0 fully saturated rings. The first-order valence-electron chi connectivity index (χ1n) is 6.12. The largest absolute Gasteiger partial charge is 0.488 e. The lowest BCUT2D eigenvalue weighted by Gasteiger charge is -2.10. The minimum absolute atomic E-state index is 0.0294. The molecular formula is C16H11F2NO2. The number of rotatable bonds is 4. The minimum Gasteiger partial charge on any atom is -0.488 e. The van der Waals surface area contributed by atoms with Crippen LogP contribution in [0.2, 0.25) is 0 Å². The summed E-state index contributed by atoms with van der Waals surface area (Å²) in [5, 5.41) is 8.78. The maximum atomic E-state index is 13.3. The monoisotopic (exact) mass is 287 g/mol. The van der Waals surface area contributed by atoms with Crippen LogP contribution in [0.1, 0.15) is 28.4 Å². The molecule has 2 rings (SSSR count). The molecule has 0 heterocycles. The number of Topliss-reactive ketones (excluding diaryl/α,β-unsaturated/α-hetero) is 1. The number of halogens is 2. The van der Waals surface area contributed by atoms with Gasteiger partial charge in [0.2, 0.25) is 0 Å². The van der Waals surface area contributed by atoms with Crippen molar-refractivity contribution in [1.82, 2.24) is 0 Å². The van der Waals surface area contributed by atoms with E-state index in [9.17, 15) is 13.6 Å². The fourth-order valence-electron chi connectivity index (χ4n) is 1.86. The SMILES string of the molecule is CC(=O)c1cc(F)ccc1OCc1cc(F)cc(C#N)c1. The Bertz CT molecular complexity index is 736. The number of ketones is 1. The molecule has 0 amide bonds. The van der Waals surface area contributed by atoms with E-state index in [2.05, 4.69) is 0 Å². The lowest BCUT2D eigenvalue weighted by atomic mass is 10.1. The second-order valence-electron chi connectivity index (χ2n) is 4.45. The summed E-state index contributed by atoms with van der Waals surface area (Å²) in [6.45, 7) is 1.27. The van der Waals surface area contributed by atoms with Gasteiger partial charge in [-0.05, 0) is 48.9 Å². The number of hydrogen-bond acceptors (Lipinski definition) is 3. The van der Waals surface area contributed by atoms with Crippen LogP contribution in [-0.4, -0.2) is 5.78 Å². The minimum atomic E-state index is -0.543. The standard InChI is InChI=1S/C16H11F2NO2/c1-10(20)15-7-13(17)2-3-16(15)21-9-12-4-11(8-19)5-14(18)6-12/h2-7H,9H2,1H3. The van der Waals surface area contributed by atoms with Gasteiger partial charge in [0.25, 0.3) is 0 Å². The van der Waals surface area contributed by atoms with Crippen molar-refractivity contribution in [2.24, 2.45) is 0 Å². The first-order valence-corrected chi connectivity index (χ1v) is 6.12. The summed E-state index contributed by atoms with van der Waals surface area (Å²) in [6.07, 6.45) is 0. The molecule has 2 aromatic rings. The summed E-state index contributed by atoms with van der Waals surface area (Å²) in [4.78, 5) is 11.4. The highest BCUT2D eigenvalue weighted by atomic mass is 19.1. The zero-order valence-corrected chi connectivity index (χ0v) is 11.2. The molecule has 0 bridgehead atoms. The molecule has 0 aromatic heterocycles. The molecule has 2 aromatic carbocycles. The van der Waals surface area contributed by atoms with Crippen molar-refractivity contribution in [3.63, 3.8) is 0 Å². The van der Waals surface area contributed by atoms with Crippen molar-refractivity contribution < 1.29 is 18.3 Å². The first-order chi connectivity index (χ1) is 9.99. The van der Waals surface area contributed by atoms with Crippen LogP contribution in [0.5, 0.6) is 5.75 Å². The predicted octanol–water partition coefficient (Wildman–Crippen LogP) is 3.62. The van der Waals surface area contributed by atoms with E-state index in [1.165, 1.54) is 31.2 Å². The van der Waals surface area contributed by atoms with Gasteiger partial charge in [0.1, 0.15) is 24.0 Å². The van der Waals surface area contributed by atoms with Gasteiger partial charge in [-0.15, -0.1) is 0 Å². The van der Waals surface area contributed by atoms with Crippen LogP contribution < -0.4 is 4.74 Å². The maximum Gasteiger partial charge on any atom is 0.163 e. The van der Waals surface area contributed by atoms with E-state index in [-0.39, 0.29) is 29.3 Å². The van der Waals surface area contributed by atoms with Gasteiger partial charge in [0.05, 0.1) is 17.2 Å². The summed E-state index contributed by atoms with van der Waals surface area (Å²) in [5.41, 5.74) is 0.747. The van der Waals surface area contributed by atoms with Gasteiger partial charge < -0.3 is 4.74 Å². The van der Waals surface area contributed by atoms with E-state index < -0.39 is 11.6 Å². The third kappa shape index (κ3) is 3.63. The van der Waals surface area contributed by atoms with Crippen molar-refractivity contribution in [2.45, 2.75) is 13.5 Å². The number of nitriles is 1. The number of carbonyl (C=O) groups excluding carboxylic acids is 1. The number of nitrogens with zero attached hydrogens (tertiary/aromatic N) is 1. The van der Waals surface area contributed by atoms with Crippen molar-refractivity contribution in [1.29, 1.82) is 5.26 Å². The second kappa shape index (κ2) is 6.14. The van der Waals surface area contributed by atoms with Crippen LogP contribution in [0.4, 0.5) is 8.78 Å². The van der Waals surface area contributed by atoms with E-state index in [4.69, 9.17) is 10.00 Å². The van der Waals surface area contributed by atoms with E-state index in [0.29, 0.717) is 5.56 Å². The highest BCUT2D eigenvalue weighted by molar-refractivity contribution is 5.96. The number of ether oxygens (including phenoxy) is 1. The van der Waals surface area contributed by atoms with E-state index in [1.807, 2.05) is 6.07 Å².